The summed E-state index contributed by atoms with van der Waals surface area (Å²) >= 11 is 0. The second-order valence-electron chi connectivity index (χ2n) is 8.83. The number of phenols is 2. The van der Waals surface area contributed by atoms with Crippen molar-refractivity contribution < 1.29 is 10.2 Å². The van der Waals surface area contributed by atoms with Crippen molar-refractivity contribution in [1.82, 2.24) is 0 Å². The van der Waals surface area contributed by atoms with Crippen LogP contribution in [0.5, 0.6) is 11.5 Å². The van der Waals surface area contributed by atoms with Gasteiger partial charge in [-0.25, -0.2) is 0 Å². The van der Waals surface area contributed by atoms with E-state index in [0.29, 0.717) is 11.5 Å². The molecule has 2 N–H and O–H groups in total. The Hall–Kier alpha value is -3.52. The smallest absolute Gasteiger partial charge is 0.119 e. The van der Waals surface area contributed by atoms with E-state index >= 15 is 0 Å². The van der Waals surface area contributed by atoms with Crippen molar-refractivity contribution in [1.29, 1.82) is 0 Å². The van der Waals surface area contributed by atoms with Gasteiger partial charge in [0.1, 0.15) is 11.5 Å². The van der Waals surface area contributed by atoms with Crippen molar-refractivity contribution in [3.8, 4) is 44.9 Å². The van der Waals surface area contributed by atoms with Gasteiger partial charge in [-0.1, -0.05) is 48.5 Å². The molecule has 0 unspecified atom stereocenters. The van der Waals surface area contributed by atoms with Crippen molar-refractivity contribution in [3.63, 3.8) is 0 Å². The van der Waals surface area contributed by atoms with Crippen LogP contribution in [-0.2, 0) is 0 Å². The first-order valence-corrected chi connectivity index (χ1v) is 11.0. The van der Waals surface area contributed by atoms with Crippen LogP contribution in [0.1, 0.15) is 33.4 Å². The van der Waals surface area contributed by atoms with Gasteiger partial charge in [0.15, 0.2) is 0 Å². The molecule has 0 radical (unpaired) electrons. The average molecular weight is 423 g/mol. The van der Waals surface area contributed by atoms with E-state index in [1.807, 2.05) is 39.8 Å². The molecule has 0 bridgehead atoms. The van der Waals surface area contributed by atoms with Crippen LogP contribution in [0.4, 0.5) is 0 Å². The molecule has 4 aromatic rings. The molecule has 2 nitrogen and oxygen atoms in total. The van der Waals surface area contributed by atoms with E-state index in [0.717, 1.165) is 44.5 Å². The molecule has 0 aliphatic heterocycles. The van der Waals surface area contributed by atoms with E-state index in [1.54, 1.807) is 0 Å². The number of phenolic OH excluding ortho intramolecular Hbond substituents is 2. The molecule has 0 aliphatic carbocycles. The summed E-state index contributed by atoms with van der Waals surface area (Å²) in [4.78, 5) is 0. The molecule has 0 saturated carbocycles. The Morgan fingerprint density at radius 2 is 0.688 bits per heavy atom. The lowest BCUT2D eigenvalue weighted by Gasteiger charge is -2.16. The lowest BCUT2D eigenvalue weighted by Crippen LogP contribution is -1.93. The third-order valence-electron chi connectivity index (χ3n) is 6.82. The maximum absolute atomic E-state index is 10.1. The van der Waals surface area contributed by atoms with Gasteiger partial charge in [-0.2, -0.15) is 0 Å². The van der Waals surface area contributed by atoms with Gasteiger partial charge < -0.3 is 10.2 Å². The van der Waals surface area contributed by atoms with Crippen LogP contribution in [0.2, 0.25) is 0 Å². The van der Waals surface area contributed by atoms with Crippen LogP contribution in [-0.4, -0.2) is 10.2 Å². The zero-order chi connectivity index (χ0) is 23.2. The zero-order valence-electron chi connectivity index (χ0n) is 19.7. The second-order valence-corrected chi connectivity index (χ2v) is 8.83. The Morgan fingerprint density at radius 1 is 0.406 bits per heavy atom. The van der Waals surface area contributed by atoms with Crippen LogP contribution >= 0.6 is 0 Å². The van der Waals surface area contributed by atoms with Crippen LogP contribution in [0.25, 0.3) is 33.4 Å². The van der Waals surface area contributed by atoms with E-state index in [9.17, 15) is 10.2 Å². The van der Waals surface area contributed by atoms with Gasteiger partial charge in [0.25, 0.3) is 0 Å². The van der Waals surface area contributed by atoms with Gasteiger partial charge in [0.05, 0.1) is 0 Å². The van der Waals surface area contributed by atoms with Crippen molar-refractivity contribution >= 4 is 0 Å². The molecule has 0 heterocycles. The maximum Gasteiger partial charge on any atom is 0.119 e. The summed E-state index contributed by atoms with van der Waals surface area (Å²) in [6, 6.07) is 21.0. The molecule has 0 atom stereocenters. The molecule has 4 aromatic carbocycles. The molecule has 0 fully saturated rings. The van der Waals surface area contributed by atoms with Crippen LogP contribution in [0.15, 0.2) is 60.7 Å². The predicted octanol–water partition coefficient (Wildman–Crippen LogP) is 7.95. The third-order valence-corrected chi connectivity index (χ3v) is 6.82. The quantitative estimate of drug-likeness (QED) is 0.352. The molecule has 0 aliphatic rings. The highest BCUT2D eigenvalue weighted by atomic mass is 16.3. The van der Waals surface area contributed by atoms with Crippen molar-refractivity contribution in [2.24, 2.45) is 0 Å². The molecule has 162 valence electrons. The standard InChI is InChI=1S/C30H30O2/c1-17-15-27(31)19(3)21(5)29(17)25-11-7-23(8-12-25)24-9-13-26(14-10-24)30-18(2)16-28(32)20(4)22(30)6/h7-16,31-32H,1-6H3. The Kier molecular flexibility index (Phi) is 5.56. The minimum atomic E-state index is 0.356. The highest BCUT2D eigenvalue weighted by Crippen LogP contribution is 2.37. The van der Waals surface area contributed by atoms with Gasteiger partial charge in [-0.15, -0.1) is 0 Å². The molecule has 32 heavy (non-hydrogen) atoms. The molecule has 0 saturated heterocycles. The van der Waals surface area contributed by atoms with Crippen LogP contribution in [0.3, 0.4) is 0 Å². The second kappa shape index (κ2) is 8.20. The van der Waals surface area contributed by atoms with Gasteiger partial charge in [0.2, 0.25) is 0 Å². The summed E-state index contributed by atoms with van der Waals surface area (Å²) in [5.41, 5.74) is 13.3. The number of benzene rings is 4. The Morgan fingerprint density at radius 3 is 1.00 bits per heavy atom. The molecular formula is C30H30O2. The zero-order valence-corrected chi connectivity index (χ0v) is 19.7. The number of aromatic hydroxyl groups is 2. The highest BCUT2D eigenvalue weighted by Gasteiger charge is 2.13. The van der Waals surface area contributed by atoms with Gasteiger partial charge >= 0.3 is 0 Å². The minimum Gasteiger partial charge on any atom is -0.508 e. The summed E-state index contributed by atoms with van der Waals surface area (Å²) in [6.45, 7) is 12.1. The van der Waals surface area contributed by atoms with Gasteiger partial charge in [0, 0.05) is 0 Å². The summed E-state index contributed by atoms with van der Waals surface area (Å²) in [6.07, 6.45) is 0. The number of aryl methyl sites for hydroxylation is 2. The van der Waals surface area contributed by atoms with E-state index in [1.165, 1.54) is 22.3 Å². The Labute approximate surface area is 190 Å². The number of rotatable bonds is 3. The van der Waals surface area contributed by atoms with E-state index in [2.05, 4.69) is 62.4 Å². The van der Waals surface area contributed by atoms with Crippen molar-refractivity contribution in [2.75, 3.05) is 0 Å². The lowest BCUT2D eigenvalue weighted by molar-refractivity contribution is 0.469. The Balaban J connectivity index is 1.68. The first-order valence-electron chi connectivity index (χ1n) is 11.0. The molecule has 2 heteroatoms. The molecule has 0 amide bonds. The first-order chi connectivity index (χ1) is 15.2. The van der Waals surface area contributed by atoms with E-state index in [-0.39, 0.29) is 0 Å². The predicted molar refractivity (Wildman–Crippen MR) is 135 cm³/mol. The summed E-state index contributed by atoms with van der Waals surface area (Å²) in [5.74, 6) is 0.713. The summed E-state index contributed by atoms with van der Waals surface area (Å²) in [7, 11) is 0. The molecular weight excluding hydrogens is 392 g/mol. The third kappa shape index (κ3) is 3.67. The maximum atomic E-state index is 10.1. The van der Waals surface area contributed by atoms with E-state index in [4.69, 9.17) is 0 Å². The average Bonchev–Trinajstić information content (AvgIpc) is 2.77. The Bertz CT molecular complexity index is 1210. The minimum absolute atomic E-state index is 0.356. The summed E-state index contributed by atoms with van der Waals surface area (Å²) < 4.78 is 0. The summed E-state index contributed by atoms with van der Waals surface area (Å²) in [5, 5.41) is 20.2. The highest BCUT2D eigenvalue weighted by molar-refractivity contribution is 5.78. The van der Waals surface area contributed by atoms with Crippen molar-refractivity contribution in [3.05, 3.63) is 94.0 Å². The normalized spacial score (nSPS) is 11.1. The molecule has 4 rings (SSSR count). The first kappa shape index (κ1) is 21.7. The fourth-order valence-electron chi connectivity index (χ4n) is 4.67. The fraction of sp³-hybridized carbons (Fsp3) is 0.200. The largest absolute Gasteiger partial charge is 0.508 e. The SMILES string of the molecule is Cc1cc(O)c(C)c(C)c1-c1ccc(-c2ccc(-c3c(C)cc(O)c(C)c3C)cc2)cc1. The van der Waals surface area contributed by atoms with Gasteiger partial charge in [-0.05, 0) is 120 Å². The van der Waals surface area contributed by atoms with E-state index < -0.39 is 0 Å². The number of hydrogen-bond acceptors (Lipinski definition) is 2. The molecule has 0 aromatic heterocycles. The monoisotopic (exact) mass is 422 g/mol. The fourth-order valence-corrected chi connectivity index (χ4v) is 4.67. The molecule has 0 spiro atoms. The van der Waals surface area contributed by atoms with Crippen LogP contribution < -0.4 is 0 Å². The lowest BCUT2D eigenvalue weighted by atomic mass is 9.90. The van der Waals surface area contributed by atoms with Gasteiger partial charge in [-0.3, -0.25) is 0 Å². The van der Waals surface area contributed by atoms with Crippen LogP contribution in [0, 0.1) is 41.5 Å². The topological polar surface area (TPSA) is 40.5 Å². The van der Waals surface area contributed by atoms with Crippen molar-refractivity contribution in [2.45, 2.75) is 41.5 Å². The number of hydrogen-bond donors (Lipinski definition) is 2.